The number of hydrogen-bond donors (Lipinski definition) is 1. The third-order valence-electron chi connectivity index (χ3n) is 2.75. The summed E-state index contributed by atoms with van der Waals surface area (Å²) in [5.74, 6) is 5.02. The van der Waals surface area contributed by atoms with Crippen molar-refractivity contribution in [2.45, 2.75) is 13.8 Å². The number of carbonyl (C=O) groups is 1. The van der Waals surface area contributed by atoms with Crippen molar-refractivity contribution in [3.63, 3.8) is 0 Å². The van der Waals surface area contributed by atoms with Crippen LogP contribution in [0.1, 0.15) is 28.4 Å². The summed E-state index contributed by atoms with van der Waals surface area (Å²) in [5.41, 5.74) is 2.17. The molecule has 0 bridgehead atoms. The van der Waals surface area contributed by atoms with E-state index in [-0.39, 0.29) is 18.4 Å². The molecule has 0 fully saturated rings. The highest BCUT2D eigenvalue weighted by Gasteiger charge is 2.15. The largest absolute Gasteiger partial charge is 0.384 e. The molecular weight excluding hydrogens is 252 g/mol. The zero-order chi connectivity index (χ0) is 15.1. The highest BCUT2D eigenvalue weighted by atomic mass is 16.2. The van der Waals surface area contributed by atoms with E-state index in [1.165, 1.54) is 4.90 Å². The van der Waals surface area contributed by atoms with Gasteiger partial charge in [0.2, 0.25) is 0 Å². The zero-order valence-electron chi connectivity index (χ0n) is 12.0. The molecule has 104 valence electrons. The molecule has 0 aliphatic carbocycles. The van der Waals surface area contributed by atoms with Crippen molar-refractivity contribution in [2.24, 2.45) is 5.92 Å². The van der Waals surface area contributed by atoms with Crippen LogP contribution in [0.15, 0.2) is 18.2 Å². The van der Waals surface area contributed by atoms with E-state index >= 15 is 0 Å². The molecule has 4 nitrogen and oxygen atoms in total. The minimum Gasteiger partial charge on any atom is -0.384 e. The molecule has 0 radical (unpaired) electrons. The van der Waals surface area contributed by atoms with Crippen LogP contribution in [0.5, 0.6) is 0 Å². The van der Waals surface area contributed by atoms with Crippen LogP contribution in [-0.2, 0) is 0 Å². The number of rotatable bonds is 3. The molecule has 1 aromatic rings. The Morgan fingerprint density at radius 1 is 1.45 bits per heavy atom. The fourth-order valence-electron chi connectivity index (χ4n) is 1.88. The monoisotopic (exact) mass is 270 g/mol. The predicted molar refractivity (Wildman–Crippen MR) is 76.9 cm³/mol. The van der Waals surface area contributed by atoms with Crippen LogP contribution in [0.25, 0.3) is 0 Å². The lowest BCUT2D eigenvalue weighted by atomic mass is 10.1. The molecule has 0 aliphatic heterocycles. The van der Waals surface area contributed by atoms with E-state index in [4.69, 9.17) is 10.4 Å². The molecule has 1 rings (SSSR count). The summed E-state index contributed by atoms with van der Waals surface area (Å²) in [6, 6.07) is 7.46. The van der Waals surface area contributed by atoms with Gasteiger partial charge in [-0.3, -0.25) is 4.79 Å². The van der Waals surface area contributed by atoms with Crippen molar-refractivity contribution in [3.8, 4) is 17.9 Å². The summed E-state index contributed by atoms with van der Waals surface area (Å²) in [5, 5.41) is 17.5. The smallest absolute Gasteiger partial charge is 0.253 e. The maximum absolute atomic E-state index is 12.3. The number of aryl methyl sites for hydroxylation is 1. The number of aliphatic hydroxyl groups is 1. The van der Waals surface area contributed by atoms with E-state index in [1.54, 1.807) is 26.1 Å². The Bertz CT molecular complexity index is 591. The quantitative estimate of drug-likeness (QED) is 0.848. The van der Waals surface area contributed by atoms with E-state index in [2.05, 4.69) is 17.9 Å². The van der Waals surface area contributed by atoms with Crippen LogP contribution in [-0.4, -0.2) is 36.1 Å². The van der Waals surface area contributed by atoms with Crippen LogP contribution in [0.2, 0.25) is 0 Å². The molecule has 1 atom stereocenters. The Labute approximate surface area is 119 Å². The van der Waals surface area contributed by atoms with Gasteiger partial charge in [0.25, 0.3) is 5.91 Å². The third kappa shape index (κ3) is 4.42. The Hall–Kier alpha value is -2.30. The zero-order valence-corrected chi connectivity index (χ0v) is 12.0. The van der Waals surface area contributed by atoms with Gasteiger partial charge in [0.15, 0.2) is 0 Å². The van der Waals surface area contributed by atoms with Crippen molar-refractivity contribution < 1.29 is 9.90 Å². The first-order valence-corrected chi connectivity index (χ1v) is 6.34. The molecule has 4 heteroatoms. The second-order valence-electron chi connectivity index (χ2n) is 4.76. The Morgan fingerprint density at radius 2 is 2.15 bits per heavy atom. The van der Waals surface area contributed by atoms with Crippen LogP contribution in [0.3, 0.4) is 0 Å². The van der Waals surface area contributed by atoms with E-state index in [1.807, 2.05) is 13.0 Å². The van der Waals surface area contributed by atoms with Crippen LogP contribution in [0.4, 0.5) is 0 Å². The molecule has 0 aliphatic rings. The first-order chi connectivity index (χ1) is 9.47. The fourth-order valence-corrected chi connectivity index (χ4v) is 1.88. The van der Waals surface area contributed by atoms with Gasteiger partial charge in [-0.2, -0.15) is 5.26 Å². The van der Waals surface area contributed by atoms with Crippen LogP contribution < -0.4 is 0 Å². The summed E-state index contributed by atoms with van der Waals surface area (Å²) in [6.07, 6.45) is 0. The lowest BCUT2D eigenvalue weighted by molar-refractivity contribution is 0.0785. The van der Waals surface area contributed by atoms with Crippen molar-refractivity contribution >= 4 is 5.91 Å². The number of nitrogens with zero attached hydrogens (tertiary/aromatic N) is 2. The van der Waals surface area contributed by atoms with Gasteiger partial charge in [0.05, 0.1) is 12.0 Å². The normalized spacial score (nSPS) is 10.9. The first kappa shape index (κ1) is 15.8. The molecule has 1 amide bonds. The minimum atomic E-state index is -0.211. The van der Waals surface area contributed by atoms with Gasteiger partial charge in [-0.15, -0.1) is 0 Å². The summed E-state index contributed by atoms with van der Waals surface area (Å²) in [6.45, 7) is 3.84. The average molecular weight is 270 g/mol. The summed E-state index contributed by atoms with van der Waals surface area (Å²) < 4.78 is 0. The standard InChI is InChI=1S/C16H18N2O2/c1-12-7-14(5-4-6-19)9-15(8-12)16(20)18(3)11-13(2)10-17/h7-9,13,19H,6,11H2,1-3H3. The Morgan fingerprint density at radius 3 is 2.75 bits per heavy atom. The average Bonchev–Trinajstić information content (AvgIpc) is 2.43. The van der Waals surface area contributed by atoms with Gasteiger partial charge < -0.3 is 10.0 Å². The Kier molecular flexibility index (Phi) is 5.77. The van der Waals surface area contributed by atoms with E-state index in [0.29, 0.717) is 17.7 Å². The van der Waals surface area contributed by atoms with Gasteiger partial charge >= 0.3 is 0 Å². The number of benzene rings is 1. The maximum atomic E-state index is 12.3. The summed E-state index contributed by atoms with van der Waals surface area (Å²) >= 11 is 0. The molecule has 0 aromatic heterocycles. The van der Waals surface area contributed by atoms with Crippen LogP contribution >= 0.6 is 0 Å². The molecule has 0 saturated heterocycles. The SMILES string of the molecule is Cc1cc(C#CCO)cc(C(=O)N(C)CC(C)C#N)c1. The van der Waals surface area contributed by atoms with Crippen molar-refractivity contribution in [3.05, 3.63) is 34.9 Å². The number of nitriles is 1. The van der Waals surface area contributed by atoms with Crippen molar-refractivity contribution in [1.82, 2.24) is 4.90 Å². The van der Waals surface area contributed by atoms with Crippen LogP contribution in [0, 0.1) is 36.0 Å². The third-order valence-corrected chi connectivity index (χ3v) is 2.75. The molecule has 1 unspecified atom stereocenters. The molecule has 20 heavy (non-hydrogen) atoms. The maximum Gasteiger partial charge on any atom is 0.253 e. The van der Waals surface area contributed by atoms with Crippen molar-refractivity contribution in [1.29, 1.82) is 5.26 Å². The molecule has 1 N–H and O–H groups in total. The minimum absolute atomic E-state index is 0.136. The Balaban J connectivity index is 2.98. The topological polar surface area (TPSA) is 64.3 Å². The predicted octanol–water partition coefficient (Wildman–Crippen LogP) is 1.57. The molecular formula is C16H18N2O2. The summed E-state index contributed by atoms with van der Waals surface area (Å²) in [7, 11) is 1.68. The second kappa shape index (κ2) is 7.33. The lowest BCUT2D eigenvalue weighted by Crippen LogP contribution is -2.30. The van der Waals surface area contributed by atoms with Gasteiger partial charge in [0, 0.05) is 24.7 Å². The van der Waals surface area contributed by atoms with E-state index in [0.717, 1.165) is 5.56 Å². The number of carbonyl (C=O) groups excluding carboxylic acids is 1. The molecule has 0 saturated carbocycles. The molecule has 0 heterocycles. The summed E-state index contributed by atoms with van der Waals surface area (Å²) in [4.78, 5) is 13.8. The lowest BCUT2D eigenvalue weighted by Gasteiger charge is -2.18. The second-order valence-corrected chi connectivity index (χ2v) is 4.76. The fraction of sp³-hybridized carbons (Fsp3) is 0.375. The van der Waals surface area contributed by atoms with Gasteiger partial charge in [-0.05, 0) is 37.6 Å². The van der Waals surface area contributed by atoms with Crippen molar-refractivity contribution in [2.75, 3.05) is 20.2 Å². The number of aliphatic hydroxyl groups excluding tert-OH is 1. The van der Waals surface area contributed by atoms with Gasteiger partial charge in [-0.1, -0.05) is 11.8 Å². The first-order valence-electron chi connectivity index (χ1n) is 6.34. The van der Waals surface area contributed by atoms with Gasteiger partial charge in [0.1, 0.15) is 6.61 Å². The highest BCUT2D eigenvalue weighted by molar-refractivity contribution is 5.94. The number of hydrogen-bond acceptors (Lipinski definition) is 3. The molecule has 0 spiro atoms. The molecule has 1 aromatic carbocycles. The van der Waals surface area contributed by atoms with E-state index in [9.17, 15) is 4.79 Å². The van der Waals surface area contributed by atoms with E-state index < -0.39 is 0 Å². The number of amides is 1. The highest BCUT2D eigenvalue weighted by Crippen LogP contribution is 2.12. The van der Waals surface area contributed by atoms with Gasteiger partial charge in [-0.25, -0.2) is 0 Å².